The van der Waals surface area contributed by atoms with Crippen molar-refractivity contribution in [1.82, 2.24) is 4.72 Å². The molecule has 0 spiro atoms. The Kier molecular flexibility index (Phi) is 4.01. The molecule has 3 nitrogen and oxygen atoms in total. The second-order valence-electron chi connectivity index (χ2n) is 3.71. The molecule has 0 aliphatic rings. The van der Waals surface area contributed by atoms with E-state index in [1.54, 1.807) is 0 Å². The Bertz CT molecular complexity index is 527. The molecule has 0 bridgehead atoms. The number of nitrogens with zero attached hydrogens (tertiary/aromatic N) is 1. The second-order valence-corrected chi connectivity index (χ2v) is 3.93. The molecule has 98 valence electrons. The van der Waals surface area contributed by atoms with Crippen LogP contribution >= 0.6 is 12.8 Å². The first-order chi connectivity index (χ1) is 9.11. The molecule has 0 unspecified atom stereocenters. The minimum absolute atomic E-state index is 0.408. The number of anilines is 2. The second kappa shape index (κ2) is 5.71. The Hall–Kier alpha value is -2.08. The zero-order valence-corrected chi connectivity index (χ0v) is 10.6. The van der Waals surface area contributed by atoms with Gasteiger partial charge in [0.25, 0.3) is 0 Å². The van der Waals surface area contributed by atoms with Crippen LogP contribution in [0.15, 0.2) is 48.5 Å². The number of rotatable bonds is 2. The van der Waals surface area contributed by atoms with Gasteiger partial charge in [-0.15, -0.1) is 0 Å². The fourth-order valence-electron chi connectivity index (χ4n) is 1.61. The van der Waals surface area contributed by atoms with Crippen LogP contribution < -0.4 is 9.62 Å². The van der Waals surface area contributed by atoms with Crippen LogP contribution in [-0.2, 0) is 0 Å². The van der Waals surface area contributed by atoms with Gasteiger partial charge in [-0.25, -0.2) is 13.6 Å². The summed E-state index contributed by atoms with van der Waals surface area (Å²) in [6.07, 6.45) is 0. The first-order valence-corrected chi connectivity index (χ1v) is 5.82. The van der Waals surface area contributed by atoms with Crippen LogP contribution in [0.1, 0.15) is 0 Å². The number of thiol groups is 1. The average molecular weight is 280 g/mol. The lowest BCUT2D eigenvalue weighted by molar-refractivity contribution is 0.254. The molecule has 2 aromatic rings. The van der Waals surface area contributed by atoms with Crippen molar-refractivity contribution in [2.75, 3.05) is 4.90 Å². The van der Waals surface area contributed by atoms with Crippen molar-refractivity contribution in [3.8, 4) is 0 Å². The van der Waals surface area contributed by atoms with Crippen LogP contribution in [0.2, 0.25) is 0 Å². The lowest BCUT2D eigenvalue weighted by atomic mass is 10.2. The molecule has 0 fully saturated rings. The maximum atomic E-state index is 12.9. The molecule has 0 saturated heterocycles. The van der Waals surface area contributed by atoms with Crippen molar-refractivity contribution in [3.63, 3.8) is 0 Å². The van der Waals surface area contributed by atoms with E-state index < -0.39 is 17.7 Å². The molecule has 0 aliphatic carbocycles. The maximum absolute atomic E-state index is 12.9. The van der Waals surface area contributed by atoms with Crippen LogP contribution in [0.4, 0.5) is 25.0 Å². The molecule has 1 N–H and O–H groups in total. The highest BCUT2D eigenvalue weighted by molar-refractivity contribution is 7.78. The van der Waals surface area contributed by atoms with Crippen molar-refractivity contribution in [2.24, 2.45) is 0 Å². The van der Waals surface area contributed by atoms with Gasteiger partial charge in [-0.1, -0.05) is 12.8 Å². The highest BCUT2D eigenvalue weighted by Gasteiger charge is 2.17. The first kappa shape index (κ1) is 13.4. The van der Waals surface area contributed by atoms with E-state index in [4.69, 9.17) is 0 Å². The third-order valence-electron chi connectivity index (χ3n) is 2.47. The summed E-state index contributed by atoms with van der Waals surface area (Å²) < 4.78 is 28.0. The molecular formula is C13H10F2N2OS. The maximum Gasteiger partial charge on any atom is 0.336 e. The summed E-state index contributed by atoms with van der Waals surface area (Å²) in [7, 11) is 0. The Morgan fingerprint density at radius 2 is 1.26 bits per heavy atom. The van der Waals surface area contributed by atoms with Gasteiger partial charge in [-0.05, 0) is 48.5 Å². The molecule has 0 saturated carbocycles. The van der Waals surface area contributed by atoms with E-state index in [2.05, 4.69) is 17.5 Å². The molecule has 2 aromatic carbocycles. The van der Waals surface area contributed by atoms with Crippen LogP contribution in [0.5, 0.6) is 0 Å². The summed E-state index contributed by atoms with van der Waals surface area (Å²) in [5.41, 5.74) is 0.888. The minimum atomic E-state index is -0.526. The Morgan fingerprint density at radius 3 is 1.58 bits per heavy atom. The molecule has 6 heteroatoms. The van der Waals surface area contributed by atoms with Gasteiger partial charge in [0.15, 0.2) is 0 Å². The van der Waals surface area contributed by atoms with Crippen LogP contribution in [-0.4, -0.2) is 6.03 Å². The Balaban J connectivity index is 2.44. The molecule has 0 radical (unpaired) electrons. The molecule has 0 aromatic heterocycles. The number of halogens is 2. The lowest BCUT2D eigenvalue weighted by Crippen LogP contribution is -2.31. The summed E-state index contributed by atoms with van der Waals surface area (Å²) in [5.74, 6) is -0.817. The zero-order valence-electron chi connectivity index (χ0n) is 9.68. The molecule has 19 heavy (non-hydrogen) atoms. The number of hydrogen-bond donors (Lipinski definition) is 2. The monoisotopic (exact) mass is 280 g/mol. The Morgan fingerprint density at radius 1 is 0.895 bits per heavy atom. The zero-order chi connectivity index (χ0) is 13.8. The largest absolute Gasteiger partial charge is 0.336 e. The number of hydrogen-bond acceptors (Lipinski definition) is 2. The molecule has 0 heterocycles. The molecule has 0 aliphatic heterocycles. The molecule has 2 rings (SSSR count). The van der Waals surface area contributed by atoms with Crippen molar-refractivity contribution < 1.29 is 13.6 Å². The van der Waals surface area contributed by atoms with Crippen LogP contribution in [0.3, 0.4) is 0 Å². The standard InChI is InChI=1S/C13H10F2N2OS/c14-9-1-5-11(6-2-9)17(13(18)16-19)12-7-3-10(15)4-8-12/h1-8,19H,(H,16,18). The first-order valence-electron chi connectivity index (χ1n) is 5.37. The summed E-state index contributed by atoms with van der Waals surface area (Å²) in [4.78, 5) is 13.1. The number of carbonyl (C=O) groups is 1. The number of urea groups is 1. The van der Waals surface area contributed by atoms with Crippen LogP contribution in [0, 0.1) is 11.6 Å². The topological polar surface area (TPSA) is 32.3 Å². The van der Waals surface area contributed by atoms with Gasteiger partial charge in [-0.2, -0.15) is 0 Å². The number of carbonyl (C=O) groups excluding carboxylic acids is 1. The quantitative estimate of drug-likeness (QED) is 0.808. The van der Waals surface area contributed by atoms with Gasteiger partial charge in [-0.3, -0.25) is 9.62 Å². The summed E-state index contributed by atoms with van der Waals surface area (Å²) in [6.45, 7) is 0. The summed E-state index contributed by atoms with van der Waals surface area (Å²) in [5, 5.41) is 0. The van der Waals surface area contributed by atoms with E-state index in [-0.39, 0.29) is 0 Å². The van der Waals surface area contributed by atoms with Crippen molar-refractivity contribution in [1.29, 1.82) is 0 Å². The van der Waals surface area contributed by atoms with Gasteiger partial charge < -0.3 is 0 Å². The van der Waals surface area contributed by atoms with E-state index in [1.807, 2.05) is 0 Å². The fraction of sp³-hybridized carbons (Fsp3) is 0. The van der Waals surface area contributed by atoms with Crippen LogP contribution in [0.25, 0.3) is 0 Å². The third-order valence-corrected chi connectivity index (χ3v) is 2.66. The third kappa shape index (κ3) is 3.03. The number of benzene rings is 2. The summed E-state index contributed by atoms with van der Waals surface area (Å²) >= 11 is 3.71. The highest BCUT2D eigenvalue weighted by Crippen LogP contribution is 2.26. The molecular weight excluding hydrogens is 270 g/mol. The SMILES string of the molecule is O=C(NS)N(c1ccc(F)cc1)c1ccc(F)cc1. The minimum Gasteiger partial charge on any atom is -0.284 e. The number of nitrogens with one attached hydrogen (secondary N) is 1. The Labute approximate surface area is 114 Å². The molecule has 0 atom stereocenters. The van der Waals surface area contributed by atoms with Crippen molar-refractivity contribution in [3.05, 3.63) is 60.2 Å². The predicted octanol–water partition coefficient (Wildman–Crippen LogP) is 3.66. The van der Waals surface area contributed by atoms with E-state index >= 15 is 0 Å². The van der Waals surface area contributed by atoms with E-state index in [0.29, 0.717) is 11.4 Å². The lowest BCUT2D eigenvalue weighted by Gasteiger charge is -2.22. The number of amides is 2. The van der Waals surface area contributed by atoms with Gasteiger partial charge in [0.05, 0.1) is 11.4 Å². The van der Waals surface area contributed by atoms with Crippen molar-refractivity contribution >= 4 is 30.2 Å². The average Bonchev–Trinajstić information content (AvgIpc) is 2.43. The van der Waals surface area contributed by atoms with Crippen molar-refractivity contribution in [2.45, 2.75) is 0 Å². The predicted molar refractivity (Wildman–Crippen MR) is 72.5 cm³/mol. The van der Waals surface area contributed by atoms with E-state index in [9.17, 15) is 13.6 Å². The van der Waals surface area contributed by atoms with Gasteiger partial charge >= 0.3 is 6.03 Å². The van der Waals surface area contributed by atoms with Gasteiger partial charge in [0.2, 0.25) is 0 Å². The highest BCUT2D eigenvalue weighted by atomic mass is 32.1. The van der Waals surface area contributed by atoms with E-state index in [1.165, 1.54) is 53.4 Å². The molecule has 2 amide bonds. The van der Waals surface area contributed by atoms with E-state index in [0.717, 1.165) is 0 Å². The smallest absolute Gasteiger partial charge is 0.284 e. The summed E-state index contributed by atoms with van der Waals surface area (Å²) in [6, 6.07) is 10.2. The normalized spacial score (nSPS) is 10.1. The van der Waals surface area contributed by atoms with Gasteiger partial charge in [0, 0.05) is 0 Å². The fourth-order valence-corrected chi connectivity index (χ4v) is 1.71. The van der Waals surface area contributed by atoms with Gasteiger partial charge in [0.1, 0.15) is 11.6 Å².